The predicted octanol–water partition coefficient (Wildman–Crippen LogP) is 2.39. The topological polar surface area (TPSA) is 111 Å². The number of carbonyl (C=O) groups excluding carboxylic acids is 1. The standard InChI is InChI=1S/C21H28N4O5S2/c1-15-13-22-21(31-15)23-20(27)18(12-16-6-10-30-11-7-16)25-14-17(4-5-19(25)26)32(28,29)24-8-2-3-9-24/h4-5,13-14,16,18H,2-3,6-12H2,1H3,(H,22,23,27). The van der Waals surface area contributed by atoms with Crippen molar-refractivity contribution in [3.63, 3.8) is 0 Å². The van der Waals surface area contributed by atoms with Crippen molar-refractivity contribution in [3.05, 3.63) is 39.8 Å². The van der Waals surface area contributed by atoms with Crippen molar-refractivity contribution in [1.82, 2.24) is 13.9 Å². The smallest absolute Gasteiger partial charge is 0.251 e. The minimum atomic E-state index is -3.71. The quantitative estimate of drug-likeness (QED) is 0.652. The van der Waals surface area contributed by atoms with Gasteiger partial charge < -0.3 is 14.6 Å². The molecule has 174 valence electrons. The van der Waals surface area contributed by atoms with E-state index in [1.807, 2.05) is 6.92 Å². The highest BCUT2D eigenvalue weighted by Crippen LogP contribution is 2.28. The molecule has 1 N–H and O–H groups in total. The number of sulfonamides is 1. The molecular formula is C21H28N4O5S2. The molecule has 1 atom stereocenters. The zero-order chi connectivity index (χ0) is 22.7. The van der Waals surface area contributed by atoms with Gasteiger partial charge in [-0.25, -0.2) is 13.4 Å². The first-order valence-electron chi connectivity index (χ1n) is 10.9. The van der Waals surface area contributed by atoms with E-state index in [0.29, 0.717) is 37.9 Å². The third-order valence-electron chi connectivity index (χ3n) is 6.00. The Morgan fingerprint density at radius 3 is 2.66 bits per heavy atom. The third-order valence-corrected chi connectivity index (χ3v) is 8.71. The van der Waals surface area contributed by atoms with Gasteiger partial charge in [0.1, 0.15) is 6.04 Å². The summed E-state index contributed by atoms with van der Waals surface area (Å²) in [4.78, 5) is 31.2. The van der Waals surface area contributed by atoms with Gasteiger partial charge in [-0.05, 0) is 51.0 Å². The summed E-state index contributed by atoms with van der Waals surface area (Å²) in [7, 11) is -3.71. The molecule has 4 heterocycles. The summed E-state index contributed by atoms with van der Waals surface area (Å²) in [6.45, 7) is 4.06. The number of aryl methyl sites for hydroxylation is 1. The van der Waals surface area contributed by atoms with E-state index in [2.05, 4.69) is 10.3 Å². The van der Waals surface area contributed by atoms with Gasteiger partial charge in [-0.3, -0.25) is 9.59 Å². The lowest BCUT2D eigenvalue weighted by Crippen LogP contribution is -2.36. The van der Waals surface area contributed by atoms with Crippen LogP contribution in [0.15, 0.2) is 34.2 Å². The first kappa shape index (κ1) is 23.1. The molecule has 0 saturated carbocycles. The van der Waals surface area contributed by atoms with Gasteiger partial charge in [-0.1, -0.05) is 0 Å². The van der Waals surface area contributed by atoms with Gasteiger partial charge >= 0.3 is 0 Å². The number of hydrogen-bond donors (Lipinski definition) is 1. The van der Waals surface area contributed by atoms with Crippen molar-refractivity contribution < 1.29 is 17.9 Å². The third kappa shape index (κ3) is 5.11. The molecule has 1 unspecified atom stereocenters. The van der Waals surface area contributed by atoms with Crippen LogP contribution >= 0.6 is 11.3 Å². The molecule has 0 radical (unpaired) electrons. The maximum Gasteiger partial charge on any atom is 0.251 e. The number of hydrogen-bond acceptors (Lipinski definition) is 7. The lowest BCUT2D eigenvalue weighted by atomic mass is 9.92. The van der Waals surface area contributed by atoms with Crippen LogP contribution in [0.4, 0.5) is 5.13 Å². The summed E-state index contributed by atoms with van der Waals surface area (Å²) in [6.07, 6.45) is 6.64. The normalized spacial score (nSPS) is 19.2. The van der Waals surface area contributed by atoms with E-state index in [1.165, 1.54) is 38.5 Å². The SMILES string of the molecule is Cc1cnc(NC(=O)C(CC2CCOCC2)n2cc(S(=O)(=O)N3CCCC3)ccc2=O)s1. The van der Waals surface area contributed by atoms with E-state index in [-0.39, 0.29) is 16.7 Å². The van der Waals surface area contributed by atoms with Crippen LogP contribution in [0.3, 0.4) is 0 Å². The Kier molecular flexibility index (Phi) is 7.08. The van der Waals surface area contributed by atoms with Crippen LogP contribution in [-0.2, 0) is 19.6 Å². The minimum Gasteiger partial charge on any atom is -0.381 e. The second kappa shape index (κ2) is 9.82. The van der Waals surface area contributed by atoms with Crippen molar-refractivity contribution in [1.29, 1.82) is 0 Å². The van der Waals surface area contributed by atoms with Gasteiger partial charge in [0.05, 0.1) is 4.90 Å². The van der Waals surface area contributed by atoms with E-state index in [1.54, 1.807) is 6.20 Å². The molecule has 2 saturated heterocycles. The highest BCUT2D eigenvalue weighted by molar-refractivity contribution is 7.89. The molecule has 2 fully saturated rings. The molecule has 0 bridgehead atoms. The molecule has 4 rings (SSSR count). The van der Waals surface area contributed by atoms with Gasteiger partial charge in [-0.15, -0.1) is 11.3 Å². The van der Waals surface area contributed by atoms with Crippen LogP contribution < -0.4 is 10.9 Å². The van der Waals surface area contributed by atoms with Crippen LogP contribution in [-0.4, -0.2) is 54.5 Å². The molecule has 0 aromatic carbocycles. The van der Waals surface area contributed by atoms with Gasteiger partial charge in [0, 0.05) is 49.6 Å². The Morgan fingerprint density at radius 2 is 2.00 bits per heavy atom. The summed E-state index contributed by atoms with van der Waals surface area (Å²) in [5.41, 5.74) is -0.409. The largest absolute Gasteiger partial charge is 0.381 e. The Labute approximate surface area is 191 Å². The number of amides is 1. The number of thiazole rings is 1. The minimum absolute atomic E-state index is 0.0360. The van der Waals surface area contributed by atoms with Crippen LogP contribution in [0, 0.1) is 12.8 Å². The number of rotatable bonds is 7. The Morgan fingerprint density at radius 1 is 1.28 bits per heavy atom. The molecule has 32 heavy (non-hydrogen) atoms. The summed E-state index contributed by atoms with van der Waals surface area (Å²) in [5.74, 6) is -0.174. The molecule has 2 aromatic rings. The molecule has 2 aromatic heterocycles. The van der Waals surface area contributed by atoms with E-state index >= 15 is 0 Å². The number of aromatic nitrogens is 2. The second-order valence-electron chi connectivity index (χ2n) is 8.29. The fraction of sp³-hybridized carbons (Fsp3) is 0.571. The van der Waals surface area contributed by atoms with Crippen LogP contribution in [0.2, 0.25) is 0 Å². The maximum atomic E-state index is 13.3. The van der Waals surface area contributed by atoms with Crippen molar-refractivity contribution in [2.24, 2.45) is 5.92 Å². The van der Waals surface area contributed by atoms with Crippen molar-refractivity contribution in [2.75, 3.05) is 31.6 Å². The summed E-state index contributed by atoms with van der Waals surface area (Å²) in [5, 5.41) is 3.27. The van der Waals surface area contributed by atoms with Crippen molar-refractivity contribution >= 4 is 32.4 Å². The van der Waals surface area contributed by atoms with Gasteiger partial charge in [-0.2, -0.15) is 4.31 Å². The molecule has 2 aliphatic heterocycles. The van der Waals surface area contributed by atoms with Crippen molar-refractivity contribution in [3.8, 4) is 0 Å². The Bertz CT molecular complexity index is 1120. The van der Waals surface area contributed by atoms with Gasteiger partial charge in [0.25, 0.3) is 5.56 Å². The van der Waals surface area contributed by atoms with Crippen LogP contribution in [0.1, 0.15) is 43.0 Å². The number of nitrogens with zero attached hydrogens (tertiary/aromatic N) is 3. The zero-order valence-corrected chi connectivity index (χ0v) is 19.7. The van der Waals surface area contributed by atoms with Crippen LogP contribution in [0.25, 0.3) is 0 Å². The molecule has 2 aliphatic rings. The van der Waals surface area contributed by atoms with Gasteiger partial charge in [0.15, 0.2) is 5.13 Å². The monoisotopic (exact) mass is 480 g/mol. The summed E-state index contributed by atoms with van der Waals surface area (Å²) < 4.78 is 34.3. The van der Waals surface area contributed by atoms with Crippen LogP contribution in [0.5, 0.6) is 0 Å². The number of nitrogens with one attached hydrogen (secondary N) is 1. The zero-order valence-electron chi connectivity index (χ0n) is 18.0. The fourth-order valence-electron chi connectivity index (χ4n) is 4.20. The second-order valence-corrected chi connectivity index (χ2v) is 11.5. The summed E-state index contributed by atoms with van der Waals surface area (Å²) >= 11 is 1.35. The number of ether oxygens (including phenoxy) is 1. The summed E-state index contributed by atoms with van der Waals surface area (Å²) in [6, 6.07) is 1.73. The molecular weight excluding hydrogens is 452 g/mol. The first-order chi connectivity index (χ1) is 15.3. The van der Waals surface area contributed by atoms with E-state index in [9.17, 15) is 18.0 Å². The fourth-order valence-corrected chi connectivity index (χ4v) is 6.39. The predicted molar refractivity (Wildman–Crippen MR) is 121 cm³/mol. The Hall–Kier alpha value is -2.08. The van der Waals surface area contributed by atoms with Gasteiger partial charge in [0.2, 0.25) is 15.9 Å². The number of carbonyl (C=O) groups is 1. The maximum absolute atomic E-state index is 13.3. The number of pyridine rings is 1. The molecule has 9 nitrogen and oxygen atoms in total. The average Bonchev–Trinajstić information content (AvgIpc) is 3.46. The first-order valence-corrected chi connectivity index (χ1v) is 13.1. The molecule has 1 amide bonds. The van der Waals surface area contributed by atoms with E-state index in [4.69, 9.17) is 4.74 Å². The molecule has 11 heteroatoms. The lowest BCUT2D eigenvalue weighted by molar-refractivity contribution is -0.120. The van der Waals surface area contributed by atoms with Crippen molar-refractivity contribution in [2.45, 2.75) is 50.0 Å². The number of anilines is 1. The highest BCUT2D eigenvalue weighted by Gasteiger charge is 2.31. The highest BCUT2D eigenvalue weighted by atomic mass is 32.2. The molecule has 0 spiro atoms. The lowest BCUT2D eigenvalue weighted by Gasteiger charge is -2.27. The van der Waals surface area contributed by atoms with E-state index < -0.39 is 21.6 Å². The Balaban J connectivity index is 1.67. The van der Waals surface area contributed by atoms with E-state index in [0.717, 1.165) is 30.6 Å². The average molecular weight is 481 g/mol. The molecule has 0 aliphatic carbocycles.